The maximum absolute atomic E-state index is 5.79. The van der Waals surface area contributed by atoms with Gasteiger partial charge in [-0.1, -0.05) is 0 Å². The SMILES string of the molecule is NCC(c1cccnn1)N1CCOCC1. The molecule has 1 saturated heterocycles. The molecule has 0 saturated carbocycles. The number of morpholine rings is 1. The molecule has 1 fully saturated rings. The van der Waals surface area contributed by atoms with Crippen molar-refractivity contribution in [3.63, 3.8) is 0 Å². The molecule has 15 heavy (non-hydrogen) atoms. The van der Waals surface area contributed by atoms with Gasteiger partial charge in [0.25, 0.3) is 0 Å². The molecule has 1 aliphatic rings. The van der Waals surface area contributed by atoms with E-state index in [1.807, 2.05) is 12.1 Å². The van der Waals surface area contributed by atoms with Gasteiger partial charge in [-0.3, -0.25) is 4.90 Å². The molecule has 0 spiro atoms. The Balaban J connectivity index is 2.09. The molecule has 5 nitrogen and oxygen atoms in total. The maximum atomic E-state index is 5.79. The Hall–Kier alpha value is -1.04. The van der Waals surface area contributed by atoms with Crippen LogP contribution in [-0.2, 0) is 4.74 Å². The number of nitrogens with two attached hydrogens (primary N) is 1. The quantitative estimate of drug-likeness (QED) is 0.745. The van der Waals surface area contributed by atoms with Gasteiger partial charge in [-0.15, -0.1) is 0 Å². The minimum absolute atomic E-state index is 0.169. The van der Waals surface area contributed by atoms with E-state index in [2.05, 4.69) is 15.1 Å². The summed E-state index contributed by atoms with van der Waals surface area (Å²) in [5, 5.41) is 8.00. The third-order valence-electron chi connectivity index (χ3n) is 2.64. The number of rotatable bonds is 3. The lowest BCUT2D eigenvalue weighted by Crippen LogP contribution is -2.42. The van der Waals surface area contributed by atoms with Gasteiger partial charge in [-0.2, -0.15) is 10.2 Å². The summed E-state index contributed by atoms with van der Waals surface area (Å²) in [7, 11) is 0. The van der Waals surface area contributed by atoms with Gasteiger partial charge >= 0.3 is 0 Å². The molecule has 2 N–H and O–H groups in total. The Kier molecular flexibility index (Phi) is 3.60. The Morgan fingerprint density at radius 1 is 1.47 bits per heavy atom. The van der Waals surface area contributed by atoms with Crippen molar-refractivity contribution in [2.24, 2.45) is 5.73 Å². The molecule has 0 amide bonds. The molecule has 1 unspecified atom stereocenters. The van der Waals surface area contributed by atoms with Crippen LogP contribution >= 0.6 is 0 Å². The summed E-state index contributed by atoms with van der Waals surface area (Å²) in [6.07, 6.45) is 1.68. The van der Waals surface area contributed by atoms with Crippen molar-refractivity contribution in [1.82, 2.24) is 15.1 Å². The summed E-state index contributed by atoms with van der Waals surface area (Å²) in [5.41, 5.74) is 6.73. The van der Waals surface area contributed by atoms with Crippen LogP contribution in [0.5, 0.6) is 0 Å². The zero-order chi connectivity index (χ0) is 10.5. The van der Waals surface area contributed by atoms with Crippen LogP contribution in [0.4, 0.5) is 0 Å². The van der Waals surface area contributed by atoms with Crippen LogP contribution in [0.3, 0.4) is 0 Å². The average molecular weight is 208 g/mol. The van der Waals surface area contributed by atoms with Gasteiger partial charge in [0.15, 0.2) is 0 Å². The third kappa shape index (κ3) is 2.50. The number of aromatic nitrogens is 2. The van der Waals surface area contributed by atoms with E-state index in [9.17, 15) is 0 Å². The van der Waals surface area contributed by atoms with Gasteiger partial charge < -0.3 is 10.5 Å². The van der Waals surface area contributed by atoms with Crippen molar-refractivity contribution in [2.75, 3.05) is 32.8 Å². The molecular weight excluding hydrogens is 192 g/mol. The predicted molar refractivity (Wildman–Crippen MR) is 56.2 cm³/mol. The third-order valence-corrected chi connectivity index (χ3v) is 2.64. The monoisotopic (exact) mass is 208 g/mol. The van der Waals surface area contributed by atoms with Crippen LogP contribution < -0.4 is 5.73 Å². The van der Waals surface area contributed by atoms with Crippen molar-refractivity contribution >= 4 is 0 Å². The summed E-state index contributed by atoms with van der Waals surface area (Å²) in [5.74, 6) is 0. The second kappa shape index (κ2) is 5.16. The van der Waals surface area contributed by atoms with E-state index in [4.69, 9.17) is 10.5 Å². The zero-order valence-electron chi connectivity index (χ0n) is 8.67. The molecule has 0 radical (unpaired) electrons. The fourth-order valence-electron chi connectivity index (χ4n) is 1.84. The summed E-state index contributed by atoms with van der Waals surface area (Å²) in [6.45, 7) is 3.95. The first-order valence-corrected chi connectivity index (χ1v) is 5.21. The molecule has 0 aliphatic carbocycles. The van der Waals surface area contributed by atoms with E-state index in [-0.39, 0.29) is 6.04 Å². The highest BCUT2D eigenvalue weighted by Crippen LogP contribution is 2.17. The van der Waals surface area contributed by atoms with Gasteiger partial charge in [0.05, 0.1) is 24.9 Å². The van der Waals surface area contributed by atoms with Crippen LogP contribution in [0.25, 0.3) is 0 Å². The van der Waals surface area contributed by atoms with E-state index in [0.29, 0.717) is 6.54 Å². The first kappa shape index (κ1) is 10.5. The lowest BCUT2D eigenvalue weighted by atomic mass is 10.1. The molecule has 2 rings (SSSR count). The average Bonchev–Trinajstić information content (AvgIpc) is 2.33. The van der Waals surface area contributed by atoms with E-state index in [1.54, 1.807) is 6.20 Å². The van der Waals surface area contributed by atoms with Crippen LogP contribution in [0, 0.1) is 0 Å². The number of hydrogen-bond acceptors (Lipinski definition) is 5. The standard InChI is InChI=1S/C10H16N4O/c11-8-10(9-2-1-3-12-13-9)14-4-6-15-7-5-14/h1-3,10H,4-8,11H2. The molecule has 1 atom stereocenters. The molecule has 82 valence electrons. The summed E-state index contributed by atoms with van der Waals surface area (Å²) in [4.78, 5) is 2.30. The van der Waals surface area contributed by atoms with E-state index >= 15 is 0 Å². The first-order chi connectivity index (χ1) is 7.42. The van der Waals surface area contributed by atoms with Crippen molar-refractivity contribution in [3.05, 3.63) is 24.0 Å². The smallest absolute Gasteiger partial charge is 0.0815 e. The highest BCUT2D eigenvalue weighted by molar-refractivity contribution is 5.06. The number of hydrogen-bond donors (Lipinski definition) is 1. The topological polar surface area (TPSA) is 64.3 Å². The van der Waals surface area contributed by atoms with Crippen LogP contribution in [-0.4, -0.2) is 47.9 Å². The van der Waals surface area contributed by atoms with Crippen molar-refractivity contribution in [3.8, 4) is 0 Å². The van der Waals surface area contributed by atoms with Gasteiger partial charge in [-0.25, -0.2) is 0 Å². The lowest BCUT2D eigenvalue weighted by Gasteiger charge is -2.33. The Morgan fingerprint density at radius 3 is 2.87 bits per heavy atom. The molecule has 1 aromatic rings. The molecule has 1 aromatic heterocycles. The number of nitrogens with zero attached hydrogens (tertiary/aromatic N) is 3. The summed E-state index contributed by atoms with van der Waals surface area (Å²) in [6, 6.07) is 4.04. The second-order valence-corrected chi connectivity index (χ2v) is 3.55. The van der Waals surface area contributed by atoms with Crippen LogP contribution in [0.15, 0.2) is 18.3 Å². The highest BCUT2D eigenvalue weighted by Gasteiger charge is 2.22. The maximum Gasteiger partial charge on any atom is 0.0815 e. The van der Waals surface area contributed by atoms with E-state index < -0.39 is 0 Å². The van der Waals surface area contributed by atoms with Gasteiger partial charge in [0.1, 0.15) is 0 Å². The highest BCUT2D eigenvalue weighted by atomic mass is 16.5. The Bertz CT molecular complexity index is 287. The molecule has 0 bridgehead atoms. The van der Waals surface area contributed by atoms with Crippen LogP contribution in [0.2, 0.25) is 0 Å². The largest absolute Gasteiger partial charge is 0.379 e. The normalized spacial score (nSPS) is 20.1. The fraction of sp³-hybridized carbons (Fsp3) is 0.600. The van der Waals surface area contributed by atoms with Crippen LogP contribution in [0.1, 0.15) is 11.7 Å². The minimum Gasteiger partial charge on any atom is -0.379 e. The predicted octanol–water partition coefficient (Wildman–Crippen LogP) is -0.191. The van der Waals surface area contributed by atoms with Crippen molar-refractivity contribution in [1.29, 1.82) is 0 Å². The van der Waals surface area contributed by atoms with Gasteiger partial charge in [-0.05, 0) is 12.1 Å². The second-order valence-electron chi connectivity index (χ2n) is 3.55. The van der Waals surface area contributed by atoms with E-state index in [0.717, 1.165) is 32.0 Å². The fourth-order valence-corrected chi connectivity index (χ4v) is 1.84. The molecule has 5 heteroatoms. The molecule has 1 aliphatic heterocycles. The van der Waals surface area contributed by atoms with E-state index in [1.165, 1.54) is 0 Å². The van der Waals surface area contributed by atoms with Gasteiger partial charge in [0, 0.05) is 25.8 Å². The summed E-state index contributed by atoms with van der Waals surface area (Å²) < 4.78 is 5.31. The Morgan fingerprint density at radius 2 is 2.27 bits per heavy atom. The summed E-state index contributed by atoms with van der Waals surface area (Å²) >= 11 is 0. The lowest BCUT2D eigenvalue weighted by molar-refractivity contribution is 0.0169. The van der Waals surface area contributed by atoms with Gasteiger partial charge in [0.2, 0.25) is 0 Å². The van der Waals surface area contributed by atoms with Crippen molar-refractivity contribution < 1.29 is 4.74 Å². The minimum atomic E-state index is 0.169. The van der Waals surface area contributed by atoms with Crippen molar-refractivity contribution in [2.45, 2.75) is 6.04 Å². The molecule has 2 heterocycles. The zero-order valence-corrected chi connectivity index (χ0v) is 8.67. The number of ether oxygens (including phenoxy) is 1. The molecular formula is C10H16N4O. The first-order valence-electron chi connectivity index (χ1n) is 5.21. The molecule has 0 aromatic carbocycles. The Labute approximate surface area is 89.2 Å².